The summed E-state index contributed by atoms with van der Waals surface area (Å²) in [6.45, 7) is 0. The molecule has 5 nitrogen and oxygen atoms in total. The molecule has 0 bridgehead atoms. The van der Waals surface area contributed by atoms with Crippen LogP contribution in [0, 0.1) is 0 Å². The third-order valence-electron chi connectivity index (χ3n) is 2.92. The van der Waals surface area contributed by atoms with Gasteiger partial charge in [0.15, 0.2) is 0 Å². The summed E-state index contributed by atoms with van der Waals surface area (Å²) in [6, 6.07) is 12.6. The van der Waals surface area contributed by atoms with Crippen LogP contribution in [0.5, 0.6) is 0 Å². The van der Waals surface area contributed by atoms with Gasteiger partial charge in [-0.05, 0) is 24.3 Å². The first-order chi connectivity index (χ1) is 9.74. The summed E-state index contributed by atoms with van der Waals surface area (Å²) < 4.78 is 0. The molecule has 0 saturated heterocycles. The van der Waals surface area contributed by atoms with Gasteiger partial charge in [-0.15, -0.1) is 0 Å². The molecular weight excluding hydrogens is 252 g/mol. The van der Waals surface area contributed by atoms with Crippen LogP contribution in [0.15, 0.2) is 54.9 Å². The van der Waals surface area contributed by atoms with E-state index in [-0.39, 0.29) is 5.91 Å². The number of nitrogens with one attached hydrogen (secondary N) is 1. The number of carbonyl (C=O) groups excluding carboxylic acids is 1. The summed E-state index contributed by atoms with van der Waals surface area (Å²) in [5, 5.41) is 3.71. The lowest BCUT2D eigenvalue weighted by atomic mass is 10.1. The lowest BCUT2D eigenvalue weighted by molar-refractivity contribution is 0.102. The van der Waals surface area contributed by atoms with E-state index < -0.39 is 0 Å². The minimum absolute atomic E-state index is 0.221. The van der Waals surface area contributed by atoms with Gasteiger partial charge in [-0.25, -0.2) is 4.98 Å². The molecule has 98 valence electrons. The molecule has 5 heteroatoms. The number of hydrogen-bond acceptors (Lipinski definition) is 4. The van der Waals surface area contributed by atoms with E-state index in [0.29, 0.717) is 22.6 Å². The lowest BCUT2D eigenvalue weighted by Gasteiger charge is -2.07. The SMILES string of the molecule is Nc1ccc(NC(=O)c2cccc3cccnc23)cn1. The average Bonchev–Trinajstić information content (AvgIpc) is 2.49. The average molecular weight is 264 g/mol. The number of rotatable bonds is 2. The van der Waals surface area contributed by atoms with Crippen molar-refractivity contribution in [2.24, 2.45) is 0 Å². The molecule has 0 aliphatic heterocycles. The highest BCUT2D eigenvalue weighted by Gasteiger charge is 2.10. The standard InChI is InChI=1S/C15H12N4O/c16-13-7-6-11(9-18-13)19-15(20)12-5-1-3-10-4-2-8-17-14(10)12/h1-9H,(H2,16,18)(H,19,20). The second-order valence-corrected chi connectivity index (χ2v) is 4.31. The molecule has 0 unspecified atom stereocenters. The topological polar surface area (TPSA) is 80.9 Å². The molecule has 3 aromatic rings. The Balaban J connectivity index is 1.94. The number of nitrogens with zero attached hydrogens (tertiary/aromatic N) is 2. The molecule has 0 spiro atoms. The Morgan fingerprint density at radius 3 is 2.70 bits per heavy atom. The van der Waals surface area contributed by atoms with Crippen molar-refractivity contribution in [2.75, 3.05) is 11.1 Å². The van der Waals surface area contributed by atoms with Crippen molar-refractivity contribution in [1.29, 1.82) is 0 Å². The van der Waals surface area contributed by atoms with Gasteiger partial charge in [0.2, 0.25) is 0 Å². The predicted octanol–water partition coefficient (Wildman–Crippen LogP) is 2.46. The summed E-state index contributed by atoms with van der Waals surface area (Å²) in [4.78, 5) is 20.5. The van der Waals surface area contributed by atoms with Crippen molar-refractivity contribution in [3.63, 3.8) is 0 Å². The molecule has 0 radical (unpaired) electrons. The fourth-order valence-corrected chi connectivity index (χ4v) is 1.97. The van der Waals surface area contributed by atoms with Crippen molar-refractivity contribution >= 4 is 28.3 Å². The highest BCUT2D eigenvalue weighted by atomic mass is 16.1. The summed E-state index contributed by atoms with van der Waals surface area (Å²) in [5.74, 6) is 0.190. The van der Waals surface area contributed by atoms with Gasteiger partial charge in [0.05, 0.1) is 23.0 Å². The van der Waals surface area contributed by atoms with Crippen LogP contribution in [-0.2, 0) is 0 Å². The number of hydrogen-bond donors (Lipinski definition) is 2. The molecule has 0 fully saturated rings. The van der Waals surface area contributed by atoms with Gasteiger partial charge < -0.3 is 11.1 Å². The van der Waals surface area contributed by atoms with Crippen LogP contribution >= 0.6 is 0 Å². The number of fused-ring (bicyclic) bond motifs is 1. The van der Waals surface area contributed by atoms with Crippen molar-refractivity contribution in [3.8, 4) is 0 Å². The maximum Gasteiger partial charge on any atom is 0.257 e. The Bertz CT molecular complexity index is 763. The number of carbonyl (C=O) groups is 1. The van der Waals surface area contributed by atoms with E-state index in [1.807, 2.05) is 24.3 Å². The number of nitrogen functional groups attached to an aromatic ring is 1. The third-order valence-corrected chi connectivity index (χ3v) is 2.92. The van der Waals surface area contributed by atoms with Crippen molar-refractivity contribution in [3.05, 3.63) is 60.4 Å². The second-order valence-electron chi connectivity index (χ2n) is 4.31. The molecule has 3 N–H and O–H groups in total. The molecule has 0 aliphatic carbocycles. The van der Waals surface area contributed by atoms with Gasteiger partial charge in [0, 0.05) is 11.6 Å². The molecule has 2 aromatic heterocycles. The smallest absolute Gasteiger partial charge is 0.257 e. The van der Waals surface area contributed by atoms with Crippen LogP contribution in [0.1, 0.15) is 10.4 Å². The Kier molecular flexibility index (Phi) is 3.01. The first-order valence-electron chi connectivity index (χ1n) is 6.11. The predicted molar refractivity (Wildman–Crippen MR) is 78.3 cm³/mol. The van der Waals surface area contributed by atoms with E-state index in [0.717, 1.165) is 5.39 Å². The number of aromatic nitrogens is 2. The minimum atomic E-state index is -0.221. The Labute approximate surface area is 115 Å². The molecule has 2 heterocycles. The molecule has 0 saturated carbocycles. The molecule has 0 atom stereocenters. The van der Waals surface area contributed by atoms with Crippen LogP contribution in [0.25, 0.3) is 10.9 Å². The largest absolute Gasteiger partial charge is 0.384 e. The van der Waals surface area contributed by atoms with Crippen molar-refractivity contribution in [2.45, 2.75) is 0 Å². The quantitative estimate of drug-likeness (QED) is 0.745. The maximum atomic E-state index is 12.3. The van der Waals surface area contributed by atoms with E-state index in [9.17, 15) is 4.79 Å². The van der Waals surface area contributed by atoms with E-state index in [1.54, 1.807) is 24.4 Å². The monoisotopic (exact) mass is 264 g/mol. The zero-order valence-corrected chi connectivity index (χ0v) is 10.6. The van der Waals surface area contributed by atoms with E-state index in [2.05, 4.69) is 15.3 Å². The molecule has 1 amide bonds. The number of amides is 1. The van der Waals surface area contributed by atoms with Crippen LogP contribution in [0.4, 0.5) is 11.5 Å². The fraction of sp³-hybridized carbons (Fsp3) is 0. The summed E-state index contributed by atoms with van der Waals surface area (Å²) in [6.07, 6.45) is 3.19. The van der Waals surface area contributed by atoms with Crippen LogP contribution in [-0.4, -0.2) is 15.9 Å². The Hall–Kier alpha value is -2.95. The number of nitrogens with two attached hydrogens (primary N) is 1. The number of para-hydroxylation sites is 1. The summed E-state index contributed by atoms with van der Waals surface area (Å²) in [5.41, 5.74) is 7.31. The number of benzene rings is 1. The lowest BCUT2D eigenvalue weighted by Crippen LogP contribution is -2.13. The zero-order chi connectivity index (χ0) is 13.9. The zero-order valence-electron chi connectivity index (χ0n) is 10.6. The van der Waals surface area contributed by atoms with Crippen molar-refractivity contribution < 1.29 is 4.79 Å². The van der Waals surface area contributed by atoms with Gasteiger partial charge >= 0.3 is 0 Å². The molecule has 1 aromatic carbocycles. The maximum absolute atomic E-state index is 12.3. The van der Waals surface area contributed by atoms with Gasteiger partial charge in [0.25, 0.3) is 5.91 Å². The minimum Gasteiger partial charge on any atom is -0.384 e. The van der Waals surface area contributed by atoms with Gasteiger partial charge in [0.1, 0.15) is 5.82 Å². The Morgan fingerprint density at radius 1 is 1.05 bits per heavy atom. The second kappa shape index (κ2) is 4.97. The van der Waals surface area contributed by atoms with E-state index in [4.69, 9.17) is 5.73 Å². The van der Waals surface area contributed by atoms with Gasteiger partial charge in [-0.1, -0.05) is 18.2 Å². The van der Waals surface area contributed by atoms with Crippen LogP contribution in [0.2, 0.25) is 0 Å². The fourth-order valence-electron chi connectivity index (χ4n) is 1.97. The van der Waals surface area contributed by atoms with E-state index in [1.165, 1.54) is 6.20 Å². The molecule has 20 heavy (non-hydrogen) atoms. The summed E-state index contributed by atoms with van der Waals surface area (Å²) >= 11 is 0. The normalized spacial score (nSPS) is 10.4. The van der Waals surface area contributed by atoms with Crippen LogP contribution < -0.4 is 11.1 Å². The number of anilines is 2. The third kappa shape index (κ3) is 2.29. The van der Waals surface area contributed by atoms with Crippen LogP contribution in [0.3, 0.4) is 0 Å². The number of pyridine rings is 2. The first kappa shape index (κ1) is 12.1. The van der Waals surface area contributed by atoms with Gasteiger partial charge in [-0.2, -0.15) is 0 Å². The summed E-state index contributed by atoms with van der Waals surface area (Å²) in [7, 11) is 0. The first-order valence-corrected chi connectivity index (χ1v) is 6.11. The van der Waals surface area contributed by atoms with E-state index >= 15 is 0 Å². The van der Waals surface area contributed by atoms with Crippen molar-refractivity contribution in [1.82, 2.24) is 9.97 Å². The highest BCUT2D eigenvalue weighted by Crippen LogP contribution is 2.17. The Morgan fingerprint density at radius 2 is 1.90 bits per heavy atom. The van der Waals surface area contributed by atoms with Gasteiger partial charge in [-0.3, -0.25) is 9.78 Å². The molecule has 0 aliphatic rings. The molecular formula is C15H12N4O. The molecule has 3 rings (SSSR count). The highest BCUT2D eigenvalue weighted by molar-refractivity contribution is 6.11.